The summed E-state index contributed by atoms with van der Waals surface area (Å²) in [4.78, 5) is 34.5. The lowest BCUT2D eigenvalue weighted by Gasteiger charge is -2.19. The molecule has 148 valence electrons. The number of hydrogen-bond donors (Lipinski definition) is 2. The summed E-state index contributed by atoms with van der Waals surface area (Å²) in [5.74, 6) is -0.384. The number of nitrogens with one attached hydrogen (secondary N) is 1. The largest absolute Gasteiger partial charge is 0.494 e. The van der Waals surface area contributed by atoms with Gasteiger partial charge in [-0.15, -0.1) is 0 Å². The predicted molar refractivity (Wildman–Crippen MR) is 107 cm³/mol. The minimum absolute atomic E-state index is 0.00257. The number of ketones is 1. The summed E-state index contributed by atoms with van der Waals surface area (Å²) in [6, 6.07) is 13.7. The molecule has 0 unspecified atom stereocenters. The van der Waals surface area contributed by atoms with Gasteiger partial charge in [-0.2, -0.15) is 0 Å². The smallest absolute Gasteiger partial charge is 0.313 e. The molecule has 0 saturated heterocycles. The van der Waals surface area contributed by atoms with Crippen molar-refractivity contribution in [3.63, 3.8) is 0 Å². The Morgan fingerprint density at radius 1 is 1.00 bits per heavy atom. The molecule has 0 spiro atoms. The highest BCUT2D eigenvalue weighted by Crippen LogP contribution is 2.24. The molecule has 1 amide bonds. The second-order valence-corrected chi connectivity index (χ2v) is 7.09. The Hall–Kier alpha value is -3.15. The molecule has 0 aliphatic heterocycles. The van der Waals surface area contributed by atoms with E-state index in [-0.39, 0.29) is 11.7 Å². The number of aliphatic carboxylic acids is 1. The number of anilines is 1. The van der Waals surface area contributed by atoms with Crippen molar-refractivity contribution in [2.75, 3.05) is 11.9 Å². The highest BCUT2D eigenvalue weighted by Gasteiger charge is 2.29. The van der Waals surface area contributed by atoms with E-state index in [2.05, 4.69) is 5.32 Å². The normalized spacial score (nSPS) is 11.0. The van der Waals surface area contributed by atoms with Gasteiger partial charge in [0.1, 0.15) is 5.75 Å². The fourth-order valence-corrected chi connectivity index (χ4v) is 2.53. The van der Waals surface area contributed by atoms with Crippen molar-refractivity contribution in [3.8, 4) is 5.75 Å². The number of carboxylic acid groups (broad SMARTS) is 1. The van der Waals surface area contributed by atoms with Crippen LogP contribution in [0.25, 0.3) is 0 Å². The third kappa shape index (κ3) is 5.67. The fourth-order valence-electron chi connectivity index (χ4n) is 2.53. The lowest BCUT2D eigenvalue weighted by molar-refractivity contribution is -0.142. The van der Waals surface area contributed by atoms with Crippen LogP contribution in [-0.2, 0) is 15.0 Å². The zero-order valence-electron chi connectivity index (χ0n) is 16.3. The molecule has 2 aromatic carbocycles. The van der Waals surface area contributed by atoms with Crippen LogP contribution in [0.4, 0.5) is 5.69 Å². The third-order valence-corrected chi connectivity index (χ3v) is 4.50. The van der Waals surface area contributed by atoms with Crippen molar-refractivity contribution >= 4 is 23.3 Å². The maximum atomic E-state index is 12.0. The van der Waals surface area contributed by atoms with E-state index < -0.39 is 11.4 Å². The zero-order chi connectivity index (χ0) is 20.7. The van der Waals surface area contributed by atoms with Crippen molar-refractivity contribution in [2.24, 2.45) is 0 Å². The number of carbonyl (C=O) groups is 3. The van der Waals surface area contributed by atoms with Crippen LogP contribution < -0.4 is 10.1 Å². The summed E-state index contributed by atoms with van der Waals surface area (Å²) in [6.45, 7) is 5.17. The van der Waals surface area contributed by atoms with Crippen LogP contribution in [0.2, 0.25) is 0 Å². The Bertz CT molecular complexity index is 838. The van der Waals surface area contributed by atoms with Gasteiger partial charge < -0.3 is 15.2 Å². The number of benzene rings is 2. The second kappa shape index (κ2) is 9.17. The van der Waals surface area contributed by atoms with Crippen LogP contribution in [0.3, 0.4) is 0 Å². The average Bonchev–Trinajstić information content (AvgIpc) is 2.66. The molecular weight excluding hydrogens is 358 g/mol. The number of hydrogen-bond acceptors (Lipinski definition) is 4. The molecule has 0 fully saturated rings. The lowest BCUT2D eigenvalue weighted by atomic mass is 9.85. The summed E-state index contributed by atoms with van der Waals surface area (Å²) in [6.07, 6.45) is 0.846. The van der Waals surface area contributed by atoms with Crippen LogP contribution in [0.5, 0.6) is 5.75 Å². The first kappa shape index (κ1) is 21.2. The fraction of sp³-hybridized carbons (Fsp3) is 0.318. The molecule has 2 N–H and O–H groups in total. The molecule has 0 atom stereocenters. The highest BCUT2D eigenvalue weighted by molar-refractivity contribution is 5.94. The number of amides is 1. The van der Waals surface area contributed by atoms with Gasteiger partial charge in [0, 0.05) is 17.7 Å². The number of carbonyl (C=O) groups excluding carboxylic acids is 2. The maximum Gasteiger partial charge on any atom is 0.313 e. The molecule has 6 heteroatoms. The summed E-state index contributed by atoms with van der Waals surface area (Å²) in [5, 5.41) is 12.0. The van der Waals surface area contributed by atoms with Crippen LogP contribution >= 0.6 is 0 Å². The van der Waals surface area contributed by atoms with Gasteiger partial charge in [-0.05, 0) is 69.2 Å². The van der Waals surface area contributed by atoms with Gasteiger partial charge in [0.05, 0.1) is 12.0 Å². The van der Waals surface area contributed by atoms with Gasteiger partial charge in [0.2, 0.25) is 5.91 Å². The zero-order valence-corrected chi connectivity index (χ0v) is 16.3. The first-order chi connectivity index (χ1) is 13.2. The average molecular weight is 383 g/mol. The SMILES string of the molecule is CC(=O)c1ccc(OCCCC(=O)Nc2ccc(C(C)(C)C(=O)O)cc2)cc1. The van der Waals surface area contributed by atoms with Crippen LogP contribution in [0, 0.1) is 0 Å². The van der Waals surface area contributed by atoms with Crippen molar-refractivity contribution in [2.45, 2.75) is 39.0 Å². The van der Waals surface area contributed by atoms with Crippen LogP contribution in [0.15, 0.2) is 48.5 Å². The molecular formula is C22H25NO5. The molecule has 0 heterocycles. The van der Waals surface area contributed by atoms with E-state index in [0.717, 1.165) is 0 Å². The highest BCUT2D eigenvalue weighted by atomic mass is 16.5. The molecule has 0 aliphatic carbocycles. The first-order valence-electron chi connectivity index (χ1n) is 9.08. The summed E-state index contributed by atoms with van der Waals surface area (Å²) >= 11 is 0. The van der Waals surface area contributed by atoms with Crippen molar-refractivity contribution < 1.29 is 24.2 Å². The molecule has 0 aliphatic rings. The van der Waals surface area contributed by atoms with Gasteiger partial charge in [0.15, 0.2) is 5.78 Å². The van der Waals surface area contributed by atoms with E-state index in [0.29, 0.717) is 42.0 Å². The second-order valence-electron chi connectivity index (χ2n) is 7.09. The first-order valence-corrected chi connectivity index (χ1v) is 9.08. The lowest BCUT2D eigenvalue weighted by Crippen LogP contribution is -2.28. The number of rotatable bonds is 9. The molecule has 0 bridgehead atoms. The van der Waals surface area contributed by atoms with Crippen LogP contribution in [0.1, 0.15) is 49.5 Å². The maximum absolute atomic E-state index is 12.0. The Balaban J connectivity index is 1.76. The quantitative estimate of drug-likeness (QED) is 0.503. The van der Waals surface area contributed by atoms with Crippen molar-refractivity contribution in [3.05, 3.63) is 59.7 Å². The molecule has 2 aromatic rings. The van der Waals surface area contributed by atoms with Gasteiger partial charge in [-0.1, -0.05) is 12.1 Å². The number of Topliss-reactive ketones (excluding diaryl/α,β-unsaturated/α-hetero) is 1. The number of carboxylic acids is 1. The third-order valence-electron chi connectivity index (χ3n) is 4.50. The topological polar surface area (TPSA) is 92.7 Å². The van der Waals surface area contributed by atoms with Gasteiger partial charge in [-0.3, -0.25) is 14.4 Å². The molecule has 0 radical (unpaired) electrons. The Morgan fingerprint density at radius 2 is 1.61 bits per heavy atom. The van der Waals surface area contributed by atoms with E-state index in [1.54, 1.807) is 62.4 Å². The standard InChI is InChI=1S/C22H25NO5/c1-15(24)16-6-12-19(13-7-16)28-14-4-5-20(25)23-18-10-8-17(9-11-18)22(2,3)21(26)27/h6-13H,4-5,14H2,1-3H3,(H,23,25)(H,26,27). The molecule has 6 nitrogen and oxygen atoms in total. The van der Waals surface area contributed by atoms with E-state index in [4.69, 9.17) is 4.74 Å². The summed E-state index contributed by atoms with van der Waals surface area (Å²) < 4.78 is 5.57. The molecule has 28 heavy (non-hydrogen) atoms. The number of ether oxygens (including phenoxy) is 1. The minimum Gasteiger partial charge on any atom is -0.494 e. The van der Waals surface area contributed by atoms with Crippen molar-refractivity contribution in [1.29, 1.82) is 0 Å². The Labute approximate surface area is 164 Å². The summed E-state index contributed by atoms with van der Waals surface area (Å²) in [7, 11) is 0. The van der Waals surface area contributed by atoms with E-state index >= 15 is 0 Å². The minimum atomic E-state index is -0.984. The van der Waals surface area contributed by atoms with E-state index in [9.17, 15) is 19.5 Å². The van der Waals surface area contributed by atoms with Crippen molar-refractivity contribution in [1.82, 2.24) is 0 Å². The molecule has 0 aromatic heterocycles. The monoisotopic (exact) mass is 383 g/mol. The van der Waals surface area contributed by atoms with Gasteiger partial charge >= 0.3 is 5.97 Å². The Morgan fingerprint density at radius 3 is 2.14 bits per heavy atom. The van der Waals surface area contributed by atoms with E-state index in [1.165, 1.54) is 6.92 Å². The van der Waals surface area contributed by atoms with Gasteiger partial charge in [-0.25, -0.2) is 0 Å². The van der Waals surface area contributed by atoms with Gasteiger partial charge in [0.25, 0.3) is 0 Å². The summed E-state index contributed by atoms with van der Waals surface area (Å²) in [5.41, 5.74) is 0.935. The van der Waals surface area contributed by atoms with E-state index in [1.807, 2.05) is 0 Å². The Kier molecular flexibility index (Phi) is 6.93. The predicted octanol–water partition coefficient (Wildman–Crippen LogP) is 4.05. The molecule has 2 rings (SSSR count). The van der Waals surface area contributed by atoms with Crippen LogP contribution in [-0.4, -0.2) is 29.4 Å². The molecule has 0 saturated carbocycles.